The molecule has 16 heavy (non-hydrogen) atoms. The quantitative estimate of drug-likeness (QED) is 0.755. The van der Waals surface area contributed by atoms with Crippen LogP contribution in [0.15, 0.2) is 12.1 Å². The first kappa shape index (κ1) is 10.8. The Hall–Kier alpha value is -1.69. The molecule has 0 aromatic carbocycles. The highest BCUT2D eigenvalue weighted by Crippen LogP contribution is 2.05. The van der Waals surface area contributed by atoms with E-state index in [0.29, 0.717) is 24.7 Å². The average molecular weight is 222 g/mol. The highest BCUT2D eigenvalue weighted by molar-refractivity contribution is 5.92. The molecule has 1 aromatic rings. The van der Waals surface area contributed by atoms with E-state index in [4.69, 9.17) is 4.74 Å². The number of hydrogen-bond donors (Lipinski definition) is 2. The van der Waals surface area contributed by atoms with Crippen LogP contribution in [-0.4, -0.2) is 42.4 Å². The van der Waals surface area contributed by atoms with Gasteiger partial charge in [-0.25, -0.2) is 0 Å². The predicted molar refractivity (Wildman–Crippen MR) is 58.3 cm³/mol. The summed E-state index contributed by atoms with van der Waals surface area (Å²) >= 11 is 0. The summed E-state index contributed by atoms with van der Waals surface area (Å²) in [6, 6.07) is 3.45. The molecule has 0 bridgehead atoms. The molecule has 0 saturated carbocycles. The van der Waals surface area contributed by atoms with Gasteiger partial charge in [-0.3, -0.25) is 4.79 Å². The zero-order valence-electron chi connectivity index (χ0n) is 9.06. The fourth-order valence-electron chi connectivity index (χ4n) is 1.49. The zero-order chi connectivity index (χ0) is 11.4. The Balaban J connectivity index is 1.97. The Morgan fingerprint density at radius 3 is 2.94 bits per heavy atom. The SMILES string of the molecule is CNc1ccc(C(=O)NC2CCOC2)nn1. The molecule has 6 heteroatoms. The Kier molecular flexibility index (Phi) is 3.31. The van der Waals surface area contributed by atoms with Crippen molar-refractivity contribution in [1.82, 2.24) is 15.5 Å². The van der Waals surface area contributed by atoms with Crippen molar-refractivity contribution in [2.75, 3.05) is 25.6 Å². The van der Waals surface area contributed by atoms with E-state index in [0.717, 1.165) is 6.42 Å². The molecule has 1 aromatic heterocycles. The first-order valence-electron chi connectivity index (χ1n) is 5.19. The molecular formula is C10H14N4O2. The summed E-state index contributed by atoms with van der Waals surface area (Å²) in [5, 5.41) is 13.4. The number of amides is 1. The lowest BCUT2D eigenvalue weighted by Crippen LogP contribution is -2.35. The Morgan fingerprint density at radius 1 is 1.50 bits per heavy atom. The molecule has 1 aliphatic rings. The molecule has 0 aliphatic carbocycles. The summed E-state index contributed by atoms with van der Waals surface area (Å²) in [5.74, 6) is 0.436. The van der Waals surface area contributed by atoms with Crippen LogP contribution in [0.1, 0.15) is 16.9 Å². The van der Waals surface area contributed by atoms with E-state index in [2.05, 4.69) is 20.8 Å². The summed E-state index contributed by atoms with van der Waals surface area (Å²) in [6.07, 6.45) is 0.855. The number of aromatic nitrogens is 2. The number of carbonyl (C=O) groups is 1. The van der Waals surface area contributed by atoms with E-state index in [1.165, 1.54) is 0 Å². The summed E-state index contributed by atoms with van der Waals surface area (Å²) < 4.78 is 5.17. The minimum Gasteiger partial charge on any atom is -0.379 e. The van der Waals surface area contributed by atoms with Gasteiger partial charge in [0.15, 0.2) is 5.69 Å². The van der Waals surface area contributed by atoms with Crippen LogP contribution >= 0.6 is 0 Å². The van der Waals surface area contributed by atoms with Crippen molar-refractivity contribution in [1.29, 1.82) is 0 Å². The van der Waals surface area contributed by atoms with Gasteiger partial charge in [0.25, 0.3) is 5.91 Å². The molecule has 1 saturated heterocycles. The van der Waals surface area contributed by atoms with Gasteiger partial charge in [-0.05, 0) is 18.6 Å². The lowest BCUT2D eigenvalue weighted by atomic mass is 10.2. The maximum atomic E-state index is 11.7. The van der Waals surface area contributed by atoms with Crippen molar-refractivity contribution in [2.24, 2.45) is 0 Å². The van der Waals surface area contributed by atoms with Crippen LogP contribution in [0.25, 0.3) is 0 Å². The maximum absolute atomic E-state index is 11.7. The summed E-state index contributed by atoms with van der Waals surface area (Å²) in [7, 11) is 1.75. The van der Waals surface area contributed by atoms with Gasteiger partial charge in [0, 0.05) is 13.7 Å². The number of ether oxygens (including phenoxy) is 1. The van der Waals surface area contributed by atoms with Gasteiger partial charge in [0.2, 0.25) is 0 Å². The highest BCUT2D eigenvalue weighted by atomic mass is 16.5. The molecule has 2 rings (SSSR count). The summed E-state index contributed by atoms with van der Waals surface area (Å²) in [5.41, 5.74) is 0.325. The molecule has 1 unspecified atom stereocenters. The van der Waals surface area contributed by atoms with Crippen LogP contribution in [0, 0.1) is 0 Å². The smallest absolute Gasteiger partial charge is 0.272 e. The van der Waals surface area contributed by atoms with Crippen LogP contribution in [0.5, 0.6) is 0 Å². The fourth-order valence-corrected chi connectivity index (χ4v) is 1.49. The van der Waals surface area contributed by atoms with E-state index >= 15 is 0 Å². The number of rotatable bonds is 3. The lowest BCUT2D eigenvalue weighted by molar-refractivity contribution is 0.0924. The number of carbonyl (C=O) groups excluding carboxylic acids is 1. The third kappa shape index (κ3) is 2.46. The molecule has 1 amide bonds. The van der Waals surface area contributed by atoms with Crippen molar-refractivity contribution < 1.29 is 9.53 Å². The zero-order valence-corrected chi connectivity index (χ0v) is 9.06. The normalized spacial score (nSPS) is 19.4. The van der Waals surface area contributed by atoms with Crippen LogP contribution in [0.4, 0.5) is 5.82 Å². The molecule has 0 radical (unpaired) electrons. The van der Waals surface area contributed by atoms with Crippen molar-refractivity contribution >= 4 is 11.7 Å². The third-order valence-corrected chi connectivity index (χ3v) is 2.42. The van der Waals surface area contributed by atoms with E-state index in [1.807, 2.05) is 0 Å². The molecule has 2 N–H and O–H groups in total. The van der Waals surface area contributed by atoms with E-state index in [1.54, 1.807) is 19.2 Å². The number of hydrogen-bond acceptors (Lipinski definition) is 5. The molecule has 1 aliphatic heterocycles. The van der Waals surface area contributed by atoms with Gasteiger partial charge in [0.05, 0.1) is 12.6 Å². The highest BCUT2D eigenvalue weighted by Gasteiger charge is 2.19. The topological polar surface area (TPSA) is 76.1 Å². The monoisotopic (exact) mass is 222 g/mol. The van der Waals surface area contributed by atoms with Crippen LogP contribution < -0.4 is 10.6 Å². The Morgan fingerprint density at radius 2 is 2.38 bits per heavy atom. The van der Waals surface area contributed by atoms with Gasteiger partial charge in [-0.15, -0.1) is 10.2 Å². The van der Waals surface area contributed by atoms with Gasteiger partial charge in [-0.1, -0.05) is 0 Å². The van der Waals surface area contributed by atoms with Crippen molar-refractivity contribution in [3.05, 3.63) is 17.8 Å². The molecule has 86 valence electrons. The van der Waals surface area contributed by atoms with Gasteiger partial charge >= 0.3 is 0 Å². The molecule has 0 spiro atoms. The molecule has 2 heterocycles. The minimum absolute atomic E-state index is 0.0956. The fraction of sp³-hybridized carbons (Fsp3) is 0.500. The summed E-state index contributed by atoms with van der Waals surface area (Å²) in [6.45, 7) is 1.28. The van der Waals surface area contributed by atoms with E-state index in [9.17, 15) is 4.79 Å². The van der Waals surface area contributed by atoms with Gasteiger partial charge in [0.1, 0.15) is 5.82 Å². The standard InChI is InChI=1S/C10H14N4O2/c1-11-9-3-2-8(13-14-9)10(15)12-7-4-5-16-6-7/h2-3,7H,4-6H2,1H3,(H,11,14)(H,12,15). The largest absolute Gasteiger partial charge is 0.379 e. The lowest BCUT2D eigenvalue weighted by Gasteiger charge is -2.09. The van der Waals surface area contributed by atoms with Crippen LogP contribution in [-0.2, 0) is 4.74 Å². The molecule has 1 atom stereocenters. The summed E-state index contributed by atoms with van der Waals surface area (Å²) in [4.78, 5) is 11.7. The van der Waals surface area contributed by atoms with Crippen LogP contribution in [0.2, 0.25) is 0 Å². The second kappa shape index (κ2) is 4.89. The number of anilines is 1. The van der Waals surface area contributed by atoms with Crippen LogP contribution in [0.3, 0.4) is 0 Å². The average Bonchev–Trinajstić information content (AvgIpc) is 2.82. The Bertz CT molecular complexity index is 360. The molecular weight excluding hydrogens is 208 g/mol. The second-order valence-electron chi connectivity index (χ2n) is 3.59. The number of nitrogens with one attached hydrogen (secondary N) is 2. The van der Waals surface area contributed by atoms with Gasteiger partial charge < -0.3 is 15.4 Å². The first-order valence-corrected chi connectivity index (χ1v) is 5.19. The van der Waals surface area contributed by atoms with Crippen molar-refractivity contribution in [3.63, 3.8) is 0 Å². The van der Waals surface area contributed by atoms with E-state index in [-0.39, 0.29) is 11.9 Å². The molecule has 6 nitrogen and oxygen atoms in total. The van der Waals surface area contributed by atoms with Crippen molar-refractivity contribution in [2.45, 2.75) is 12.5 Å². The van der Waals surface area contributed by atoms with Gasteiger partial charge in [-0.2, -0.15) is 0 Å². The Labute approximate surface area is 93.4 Å². The first-order chi connectivity index (χ1) is 7.79. The minimum atomic E-state index is -0.203. The van der Waals surface area contributed by atoms with E-state index < -0.39 is 0 Å². The predicted octanol–water partition coefficient (Wildman–Crippen LogP) is 0.0370. The maximum Gasteiger partial charge on any atom is 0.272 e. The number of nitrogens with zero attached hydrogens (tertiary/aromatic N) is 2. The van der Waals surface area contributed by atoms with Crippen molar-refractivity contribution in [3.8, 4) is 0 Å². The second-order valence-corrected chi connectivity index (χ2v) is 3.59. The molecule has 1 fully saturated rings. The third-order valence-electron chi connectivity index (χ3n) is 2.42.